The van der Waals surface area contributed by atoms with Crippen molar-refractivity contribution in [1.82, 2.24) is 0 Å². The van der Waals surface area contributed by atoms with Crippen molar-refractivity contribution >= 4 is 97.0 Å². The van der Waals surface area contributed by atoms with E-state index in [-0.39, 0.29) is 5.82 Å². The summed E-state index contributed by atoms with van der Waals surface area (Å²) in [5.74, 6) is -0.185. The summed E-state index contributed by atoms with van der Waals surface area (Å²) in [6, 6.07) is 39.1. The van der Waals surface area contributed by atoms with Crippen molar-refractivity contribution in [3.63, 3.8) is 0 Å². The van der Waals surface area contributed by atoms with Crippen molar-refractivity contribution in [2.75, 3.05) is 0 Å². The van der Waals surface area contributed by atoms with Crippen LogP contribution in [0.3, 0.4) is 0 Å². The molecule has 0 unspecified atom stereocenters. The average Bonchev–Trinajstić information content (AvgIpc) is 3.43. The van der Waals surface area contributed by atoms with E-state index in [1.165, 1.54) is 75.6 Å². The molecule has 0 aromatic heterocycles. The molecule has 0 radical (unpaired) electrons. The topological polar surface area (TPSA) is 0 Å². The lowest BCUT2D eigenvalue weighted by molar-refractivity contribution is 0.631. The van der Waals surface area contributed by atoms with Crippen LogP contribution in [-0.4, -0.2) is 0 Å². The zero-order valence-corrected chi connectivity index (χ0v) is 21.8. The first kappa shape index (κ1) is 20.9. The molecule has 0 nitrogen and oxygen atoms in total. The average molecular weight is 509 g/mol. The Morgan fingerprint density at radius 3 is 1.02 bits per heavy atom. The molecule has 0 amide bonds. The third-order valence-electron chi connectivity index (χ3n) is 9.30. The Balaban J connectivity index is 1.50. The first-order valence-electron chi connectivity index (χ1n) is 13.9. The van der Waals surface area contributed by atoms with Crippen LogP contribution < -0.4 is 0 Å². The molecule has 0 saturated heterocycles. The monoisotopic (exact) mass is 508 g/mol. The van der Waals surface area contributed by atoms with Gasteiger partial charge in [-0.15, -0.1) is 0 Å². The fourth-order valence-corrected chi connectivity index (χ4v) is 7.65. The van der Waals surface area contributed by atoms with E-state index in [9.17, 15) is 0 Å². The van der Waals surface area contributed by atoms with Crippen LogP contribution in [0.25, 0.3) is 97.0 Å². The Kier molecular flexibility index (Phi) is 3.63. The molecule has 0 spiro atoms. The maximum Gasteiger partial charge on any atom is 0.124 e. The Morgan fingerprint density at radius 2 is 0.650 bits per heavy atom. The van der Waals surface area contributed by atoms with Crippen molar-refractivity contribution in [2.45, 2.75) is 6.92 Å². The third-order valence-corrected chi connectivity index (χ3v) is 9.30. The number of hydrogen-bond acceptors (Lipinski definition) is 0. The van der Waals surface area contributed by atoms with Gasteiger partial charge in [0, 0.05) is 0 Å². The highest BCUT2D eigenvalue weighted by atomic mass is 19.1. The predicted octanol–water partition coefficient (Wildman–Crippen LogP) is 11.4. The molecular weight excluding hydrogens is 487 g/mol. The maximum atomic E-state index is 15.4. The quantitative estimate of drug-likeness (QED) is 0.179. The molecular formula is C39H21F. The van der Waals surface area contributed by atoms with Crippen LogP contribution in [0.5, 0.6) is 0 Å². The molecule has 0 heterocycles. The second kappa shape index (κ2) is 6.94. The summed E-state index contributed by atoms with van der Waals surface area (Å²) >= 11 is 0. The van der Waals surface area contributed by atoms with Crippen molar-refractivity contribution in [1.29, 1.82) is 0 Å². The minimum Gasteiger partial charge on any atom is -0.207 e. The van der Waals surface area contributed by atoms with Crippen LogP contribution in [0.15, 0.2) is 109 Å². The molecule has 10 aromatic rings. The van der Waals surface area contributed by atoms with Gasteiger partial charge in [-0.3, -0.25) is 0 Å². The van der Waals surface area contributed by atoms with Crippen LogP contribution in [-0.2, 0) is 0 Å². The van der Waals surface area contributed by atoms with Crippen molar-refractivity contribution in [2.24, 2.45) is 0 Å². The van der Waals surface area contributed by atoms with Gasteiger partial charge in [0.2, 0.25) is 0 Å². The fraction of sp³-hybridized carbons (Fsp3) is 0.0256. The second-order valence-corrected chi connectivity index (χ2v) is 11.5. The van der Waals surface area contributed by atoms with Gasteiger partial charge in [-0.1, -0.05) is 60.7 Å². The summed E-state index contributed by atoms with van der Waals surface area (Å²) in [5.41, 5.74) is 1.24. The molecule has 184 valence electrons. The molecule has 40 heavy (non-hydrogen) atoms. The molecule has 0 N–H and O–H groups in total. The molecule has 0 aliphatic heterocycles. The molecule has 10 aromatic carbocycles. The number of rotatable bonds is 0. The standard InChI is InChI=1S/C39H21F/c1-20-10-32-26-12-21-6-2-4-8-23(21)14-28(26)36-19-31-30(33(11-20)38(32)36)18-37-29-15-24-9-5-3-7-22(24)13-27(29)34-16-25(40)17-35(31)39(34)37/h2-19H,1H3. The number of halogens is 1. The Labute approximate surface area is 228 Å². The van der Waals surface area contributed by atoms with E-state index < -0.39 is 0 Å². The van der Waals surface area contributed by atoms with Gasteiger partial charge in [-0.05, 0) is 158 Å². The van der Waals surface area contributed by atoms with Gasteiger partial charge >= 0.3 is 0 Å². The van der Waals surface area contributed by atoms with Gasteiger partial charge < -0.3 is 0 Å². The van der Waals surface area contributed by atoms with Crippen LogP contribution in [0.1, 0.15) is 5.56 Å². The van der Waals surface area contributed by atoms with E-state index in [2.05, 4.69) is 104 Å². The van der Waals surface area contributed by atoms with Crippen LogP contribution in [0.4, 0.5) is 4.39 Å². The van der Waals surface area contributed by atoms with Gasteiger partial charge in [0.15, 0.2) is 0 Å². The largest absolute Gasteiger partial charge is 0.207 e. The van der Waals surface area contributed by atoms with Crippen molar-refractivity contribution < 1.29 is 4.39 Å². The zero-order chi connectivity index (χ0) is 26.3. The smallest absolute Gasteiger partial charge is 0.124 e. The van der Waals surface area contributed by atoms with Crippen LogP contribution in [0.2, 0.25) is 0 Å². The lowest BCUT2D eigenvalue weighted by Crippen LogP contribution is -1.84. The van der Waals surface area contributed by atoms with Gasteiger partial charge in [-0.2, -0.15) is 0 Å². The first-order chi connectivity index (χ1) is 19.6. The summed E-state index contributed by atoms with van der Waals surface area (Å²) in [5, 5.41) is 21.6. The number of fused-ring (bicyclic) bond motifs is 11. The fourth-order valence-electron chi connectivity index (χ4n) is 7.65. The highest BCUT2D eigenvalue weighted by Crippen LogP contribution is 2.48. The predicted molar refractivity (Wildman–Crippen MR) is 171 cm³/mol. The molecule has 0 atom stereocenters. The summed E-state index contributed by atoms with van der Waals surface area (Å²) in [6.45, 7) is 2.19. The van der Waals surface area contributed by atoms with E-state index in [0.717, 1.165) is 26.9 Å². The van der Waals surface area contributed by atoms with Gasteiger partial charge in [0.1, 0.15) is 5.82 Å². The normalized spacial score (nSPS) is 12.8. The lowest BCUT2D eigenvalue weighted by Gasteiger charge is -2.11. The van der Waals surface area contributed by atoms with E-state index in [1.54, 1.807) is 12.1 Å². The molecule has 0 bridgehead atoms. The highest BCUT2D eigenvalue weighted by molar-refractivity contribution is 6.41. The SMILES string of the molecule is Cc1cc2c3cc4ccccc4cc3c3cc4c(cc5c6cc7ccccc7cc6c6cc(F)cc4c65)c(c1)c23. The third kappa shape index (κ3) is 2.47. The van der Waals surface area contributed by atoms with Gasteiger partial charge in [0.05, 0.1) is 0 Å². The highest BCUT2D eigenvalue weighted by Gasteiger charge is 2.21. The molecule has 1 heteroatoms. The summed E-state index contributed by atoms with van der Waals surface area (Å²) in [4.78, 5) is 0. The first-order valence-corrected chi connectivity index (χ1v) is 13.9. The maximum absolute atomic E-state index is 15.4. The number of benzene rings is 8. The van der Waals surface area contributed by atoms with E-state index in [4.69, 9.17) is 0 Å². The molecule has 0 aliphatic carbocycles. The Morgan fingerprint density at radius 1 is 0.350 bits per heavy atom. The van der Waals surface area contributed by atoms with E-state index >= 15 is 4.39 Å². The number of hydrogen-bond donors (Lipinski definition) is 0. The Hall–Kier alpha value is -5.01. The zero-order valence-electron chi connectivity index (χ0n) is 21.8. The van der Waals surface area contributed by atoms with Gasteiger partial charge in [-0.25, -0.2) is 4.39 Å². The Bertz CT molecular complexity index is 2520. The lowest BCUT2D eigenvalue weighted by atomic mass is 9.92. The minimum absolute atomic E-state index is 0.185. The summed E-state index contributed by atoms with van der Waals surface area (Å²) in [7, 11) is 0. The molecule has 0 aliphatic rings. The van der Waals surface area contributed by atoms with Crippen molar-refractivity contribution in [3.05, 3.63) is 121 Å². The van der Waals surface area contributed by atoms with E-state index in [1.807, 2.05) is 0 Å². The van der Waals surface area contributed by atoms with Crippen LogP contribution >= 0.6 is 0 Å². The van der Waals surface area contributed by atoms with E-state index in [0.29, 0.717) is 0 Å². The van der Waals surface area contributed by atoms with Crippen LogP contribution in [0, 0.1) is 12.7 Å². The molecule has 0 fully saturated rings. The molecule has 0 saturated carbocycles. The summed E-state index contributed by atoms with van der Waals surface area (Å²) < 4.78 is 15.4. The van der Waals surface area contributed by atoms with Crippen molar-refractivity contribution in [3.8, 4) is 0 Å². The molecule has 10 rings (SSSR count). The minimum atomic E-state index is -0.185. The summed E-state index contributed by atoms with van der Waals surface area (Å²) in [6.07, 6.45) is 0. The van der Waals surface area contributed by atoms with Gasteiger partial charge in [0.25, 0.3) is 0 Å². The second-order valence-electron chi connectivity index (χ2n) is 11.5. The number of aryl methyl sites for hydroxylation is 1.